The number of methoxy groups -OCH3 is 1. The Bertz CT molecular complexity index is 1040. The maximum atomic E-state index is 13.3. The molecular weight excluding hydrogens is 418 g/mol. The molecule has 0 radical (unpaired) electrons. The lowest BCUT2D eigenvalue weighted by Crippen LogP contribution is -2.78. The monoisotopic (exact) mass is 449 g/mol. The Balaban J connectivity index is 0.968. The van der Waals surface area contributed by atoms with Crippen LogP contribution in [0, 0.1) is 10.8 Å². The third-order valence-electron chi connectivity index (χ3n) is 8.35. The number of carbonyl (C=O) groups is 2. The van der Waals surface area contributed by atoms with Gasteiger partial charge in [-0.2, -0.15) is 5.10 Å². The second-order valence-corrected chi connectivity index (χ2v) is 10.8. The molecule has 5 fully saturated rings. The summed E-state index contributed by atoms with van der Waals surface area (Å²) in [7, 11) is 1.53. The standard InChI is InChI=1S/C25H31N5O3/c1-33-20-11-19(27-28-20)21(31)26-25-13-24(14-25,15-25)22(32)30-9-7-23(8-10-30)16-29(17-23)12-18-5-3-2-4-6-18/h2-6,11H,7-10,12-17H2,1H3,(H,26,31)(H,27,28). The zero-order valence-corrected chi connectivity index (χ0v) is 19.1. The third kappa shape index (κ3) is 3.42. The van der Waals surface area contributed by atoms with Gasteiger partial charge in [0.05, 0.1) is 12.5 Å². The zero-order chi connectivity index (χ0) is 22.7. The first-order valence-electron chi connectivity index (χ1n) is 11.9. The van der Waals surface area contributed by atoms with Crippen LogP contribution in [0.4, 0.5) is 0 Å². The Morgan fingerprint density at radius 2 is 1.82 bits per heavy atom. The van der Waals surface area contributed by atoms with Crippen molar-refractivity contribution in [3.05, 3.63) is 47.7 Å². The normalized spacial score (nSPS) is 29.5. The third-order valence-corrected chi connectivity index (χ3v) is 8.35. The molecule has 174 valence electrons. The van der Waals surface area contributed by atoms with Crippen molar-refractivity contribution in [2.75, 3.05) is 33.3 Å². The number of aromatic nitrogens is 2. The lowest BCUT2D eigenvalue weighted by molar-refractivity contribution is -0.192. The number of piperidine rings is 1. The van der Waals surface area contributed by atoms with E-state index in [1.54, 1.807) is 6.07 Å². The van der Waals surface area contributed by atoms with Crippen LogP contribution in [0.3, 0.4) is 0 Å². The SMILES string of the molecule is COc1cc(C(=O)NC23CC(C(=O)N4CCC5(CC4)CN(Cc4ccccc4)C5)(C2)C3)n[nH]1. The fourth-order valence-corrected chi connectivity index (χ4v) is 6.67. The molecule has 2 amide bonds. The average molecular weight is 450 g/mol. The number of ether oxygens (including phenoxy) is 1. The van der Waals surface area contributed by atoms with Crippen LogP contribution in [-0.2, 0) is 11.3 Å². The number of nitrogens with zero attached hydrogens (tertiary/aromatic N) is 3. The van der Waals surface area contributed by atoms with Gasteiger partial charge in [0, 0.05) is 44.3 Å². The molecule has 3 saturated carbocycles. The molecule has 2 aromatic rings. The number of likely N-dealkylation sites (tertiary alicyclic amines) is 2. The largest absolute Gasteiger partial charge is 0.481 e. The van der Waals surface area contributed by atoms with E-state index in [1.165, 1.54) is 12.7 Å². The van der Waals surface area contributed by atoms with Gasteiger partial charge >= 0.3 is 0 Å². The van der Waals surface area contributed by atoms with Gasteiger partial charge in [0.15, 0.2) is 5.69 Å². The van der Waals surface area contributed by atoms with E-state index in [2.05, 4.69) is 55.6 Å². The van der Waals surface area contributed by atoms with Crippen LogP contribution in [0.5, 0.6) is 5.88 Å². The second-order valence-electron chi connectivity index (χ2n) is 10.8. The van der Waals surface area contributed by atoms with Gasteiger partial charge in [-0.15, -0.1) is 0 Å². The molecule has 1 spiro atoms. The highest BCUT2D eigenvalue weighted by molar-refractivity contribution is 5.95. The molecule has 1 aromatic heterocycles. The first kappa shape index (κ1) is 20.7. The minimum absolute atomic E-state index is 0.208. The number of carbonyl (C=O) groups excluding carboxylic acids is 2. The molecular formula is C25H31N5O3. The van der Waals surface area contributed by atoms with E-state index >= 15 is 0 Å². The quantitative estimate of drug-likeness (QED) is 0.706. The second kappa shape index (κ2) is 7.32. The summed E-state index contributed by atoms with van der Waals surface area (Å²) in [5.41, 5.74) is 1.60. The number of rotatable bonds is 6. The topological polar surface area (TPSA) is 90.6 Å². The molecule has 0 atom stereocenters. The van der Waals surface area contributed by atoms with Gasteiger partial charge in [-0.1, -0.05) is 30.3 Å². The number of amides is 2. The Morgan fingerprint density at radius 3 is 2.45 bits per heavy atom. The highest BCUT2D eigenvalue weighted by atomic mass is 16.5. The summed E-state index contributed by atoms with van der Waals surface area (Å²) in [5.74, 6) is 0.553. The van der Waals surface area contributed by atoms with Crippen LogP contribution in [0.15, 0.2) is 36.4 Å². The Kier molecular flexibility index (Phi) is 4.59. The predicted octanol–water partition coefficient (Wildman–Crippen LogP) is 2.20. The Labute approximate surface area is 193 Å². The molecule has 2 saturated heterocycles. The first-order valence-corrected chi connectivity index (χ1v) is 11.9. The van der Waals surface area contributed by atoms with Crippen LogP contribution in [-0.4, -0.2) is 70.6 Å². The van der Waals surface area contributed by atoms with Crippen molar-refractivity contribution in [1.82, 2.24) is 25.3 Å². The summed E-state index contributed by atoms with van der Waals surface area (Å²) >= 11 is 0. The van der Waals surface area contributed by atoms with E-state index in [4.69, 9.17) is 4.74 Å². The number of nitrogens with one attached hydrogen (secondary N) is 2. The molecule has 8 nitrogen and oxygen atoms in total. The number of H-pyrrole nitrogens is 1. The van der Waals surface area contributed by atoms with Crippen molar-refractivity contribution in [1.29, 1.82) is 0 Å². The van der Waals surface area contributed by atoms with Crippen LogP contribution < -0.4 is 10.1 Å². The minimum atomic E-state index is -0.250. The molecule has 3 heterocycles. The zero-order valence-electron chi connectivity index (χ0n) is 19.1. The lowest BCUT2D eigenvalue weighted by atomic mass is 9.38. The maximum absolute atomic E-state index is 13.3. The summed E-state index contributed by atoms with van der Waals surface area (Å²) in [6.07, 6.45) is 4.45. The van der Waals surface area contributed by atoms with Crippen molar-refractivity contribution in [3.63, 3.8) is 0 Å². The fourth-order valence-electron chi connectivity index (χ4n) is 6.67. The summed E-state index contributed by atoms with van der Waals surface area (Å²) in [5, 5.41) is 9.76. The summed E-state index contributed by atoms with van der Waals surface area (Å²) in [6.45, 7) is 5.04. The highest BCUT2D eigenvalue weighted by Gasteiger charge is 2.73. The van der Waals surface area contributed by atoms with Gasteiger partial charge in [-0.3, -0.25) is 14.5 Å². The molecule has 8 heteroatoms. The molecule has 33 heavy (non-hydrogen) atoms. The van der Waals surface area contributed by atoms with E-state index in [1.807, 2.05) is 0 Å². The van der Waals surface area contributed by atoms with Gasteiger partial charge in [0.1, 0.15) is 0 Å². The van der Waals surface area contributed by atoms with E-state index < -0.39 is 0 Å². The molecule has 2 N–H and O–H groups in total. The van der Waals surface area contributed by atoms with Crippen molar-refractivity contribution < 1.29 is 14.3 Å². The first-order chi connectivity index (χ1) is 15.9. The molecule has 7 rings (SSSR count). The summed E-state index contributed by atoms with van der Waals surface area (Å²) in [6, 6.07) is 12.2. The van der Waals surface area contributed by atoms with Crippen molar-refractivity contribution >= 4 is 11.8 Å². The van der Waals surface area contributed by atoms with Gasteiger partial charge in [-0.25, -0.2) is 5.10 Å². The minimum Gasteiger partial charge on any atom is -0.481 e. The number of hydrogen-bond acceptors (Lipinski definition) is 5. The average Bonchev–Trinajstić information content (AvgIpc) is 3.24. The van der Waals surface area contributed by atoms with Gasteiger partial charge in [0.25, 0.3) is 5.91 Å². The smallest absolute Gasteiger partial charge is 0.272 e. The van der Waals surface area contributed by atoms with E-state index in [9.17, 15) is 9.59 Å². The van der Waals surface area contributed by atoms with Crippen LogP contribution in [0.2, 0.25) is 0 Å². The van der Waals surface area contributed by atoms with E-state index in [-0.39, 0.29) is 16.9 Å². The maximum Gasteiger partial charge on any atom is 0.272 e. The number of hydrogen-bond donors (Lipinski definition) is 2. The number of aromatic amines is 1. The predicted molar refractivity (Wildman–Crippen MR) is 122 cm³/mol. The molecule has 1 aromatic carbocycles. The summed E-state index contributed by atoms with van der Waals surface area (Å²) in [4.78, 5) is 30.4. The van der Waals surface area contributed by atoms with Crippen molar-refractivity contribution in [3.8, 4) is 5.88 Å². The van der Waals surface area contributed by atoms with E-state index in [0.29, 0.717) is 22.9 Å². The number of benzene rings is 1. The molecule has 2 aliphatic heterocycles. The fraction of sp³-hybridized carbons (Fsp3) is 0.560. The molecule has 2 bridgehead atoms. The molecule has 3 aliphatic carbocycles. The van der Waals surface area contributed by atoms with E-state index in [0.717, 1.165) is 64.8 Å². The molecule has 5 aliphatic rings. The van der Waals surface area contributed by atoms with Gasteiger partial charge < -0.3 is 15.0 Å². The molecule has 0 unspecified atom stereocenters. The van der Waals surface area contributed by atoms with Crippen LogP contribution in [0.1, 0.15) is 48.2 Å². The van der Waals surface area contributed by atoms with Crippen molar-refractivity contribution in [2.24, 2.45) is 10.8 Å². The highest BCUT2D eigenvalue weighted by Crippen LogP contribution is 2.68. The lowest BCUT2D eigenvalue weighted by Gasteiger charge is -2.70. The van der Waals surface area contributed by atoms with Crippen molar-refractivity contribution in [2.45, 2.75) is 44.2 Å². The van der Waals surface area contributed by atoms with Gasteiger partial charge in [-0.05, 0) is 43.1 Å². The Morgan fingerprint density at radius 1 is 1.12 bits per heavy atom. The Hall–Kier alpha value is -2.87. The van der Waals surface area contributed by atoms with Crippen LogP contribution in [0.25, 0.3) is 0 Å². The van der Waals surface area contributed by atoms with Crippen LogP contribution >= 0.6 is 0 Å². The van der Waals surface area contributed by atoms with Gasteiger partial charge in [0.2, 0.25) is 11.8 Å². The summed E-state index contributed by atoms with van der Waals surface area (Å²) < 4.78 is 5.05.